The molecule has 0 aliphatic carbocycles. The van der Waals surface area contributed by atoms with Crippen molar-refractivity contribution in [2.75, 3.05) is 0 Å². The van der Waals surface area contributed by atoms with Gasteiger partial charge in [-0.05, 0) is 13.3 Å². The van der Waals surface area contributed by atoms with Crippen LogP contribution in [0.4, 0.5) is 0 Å². The van der Waals surface area contributed by atoms with Gasteiger partial charge < -0.3 is 4.79 Å². The van der Waals surface area contributed by atoms with E-state index >= 15 is 0 Å². The van der Waals surface area contributed by atoms with Crippen LogP contribution in [0, 0.1) is 0 Å². The van der Waals surface area contributed by atoms with Gasteiger partial charge in [-0.3, -0.25) is 0 Å². The van der Waals surface area contributed by atoms with Crippen LogP contribution in [-0.4, -0.2) is 10.6 Å². The zero-order chi connectivity index (χ0) is 5.91. The van der Waals surface area contributed by atoms with Crippen molar-refractivity contribution < 1.29 is 4.79 Å². The minimum Gasteiger partial charge on any atom is -0.302 e. The summed E-state index contributed by atoms with van der Waals surface area (Å²) in [5.41, 5.74) is 0. The first kappa shape index (κ1) is 7.15. The molecule has 0 aromatic heterocycles. The van der Waals surface area contributed by atoms with Gasteiger partial charge in [0.1, 0.15) is 6.29 Å². The summed E-state index contributed by atoms with van der Waals surface area (Å²) in [6, 6.07) is 0. The van der Waals surface area contributed by atoms with Crippen LogP contribution in [-0.2, 0) is 4.79 Å². The molecule has 0 rings (SSSR count). The van der Waals surface area contributed by atoms with Gasteiger partial charge in [-0.2, -0.15) is 0 Å². The molecule has 0 heterocycles. The number of aldehydes is 1. The molecule has 1 nitrogen and oxygen atoms in total. The first-order valence-electron chi connectivity index (χ1n) is 2.27. The van der Waals surface area contributed by atoms with Gasteiger partial charge >= 0.3 is 0 Å². The molecule has 0 spiro atoms. The molecule has 1 unspecified atom stereocenters. The Hall–Kier alpha value is 0.150. The van der Waals surface area contributed by atoms with Crippen molar-refractivity contribution in [1.29, 1.82) is 0 Å². The zero-order valence-electron chi connectivity index (χ0n) is 4.57. The van der Waals surface area contributed by atoms with Crippen molar-refractivity contribution in [3.8, 4) is 0 Å². The SMILES string of the molecule is CCC(C)(Br)C=O. The van der Waals surface area contributed by atoms with E-state index in [4.69, 9.17) is 0 Å². The Bertz CT molecular complexity index is 68.5. The van der Waals surface area contributed by atoms with Gasteiger partial charge in [-0.15, -0.1) is 0 Å². The molecule has 7 heavy (non-hydrogen) atoms. The highest BCUT2D eigenvalue weighted by Crippen LogP contribution is 2.16. The van der Waals surface area contributed by atoms with Crippen LogP contribution in [0.1, 0.15) is 20.3 Å². The molecule has 0 saturated heterocycles. The van der Waals surface area contributed by atoms with Crippen molar-refractivity contribution >= 4 is 22.2 Å². The van der Waals surface area contributed by atoms with Crippen molar-refractivity contribution in [1.82, 2.24) is 0 Å². The first-order chi connectivity index (χ1) is 3.12. The highest BCUT2D eigenvalue weighted by atomic mass is 79.9. The summed E-state index contributed by atoms with van der Waals surface area (Å²) in [6.45, 7) is 3.81. The van der Waals surface area contributed by atoms with Crippen LogP contribution >= 0.6 is 15.9 Å². The molecule has 0 saturated carbocycles. The van der Waals surface area contributed by atoms with E-state index in [1.807, 2.05) is 13.8 Å². The molecule has 0 aliphatic heterocycles. The lowest BCUT2D eigenvalue weighted by Crippen LogP contribution is -2.14. The molecule has 0 aromatic carbocycles. The van der Waals surface area contributed by atoms with Crippen molar-refractivity contribution in [3.63, 3.8) is 0 Å². The molecular weight excluding hydrogens is 156 g/mol. The summed E-state index contributed by atoms with van der Waals surface area (Å²) in [7, 11) is 0. The lowest BCUT2D eigenvalue weighted by atomic mass is 10.1. The van der Waals surface area contributed by atoms with E-state index in [0.29, 0.717) is 0 Å². The fourth-order valence-electron chi connectivity index (χ4n) is 0.0833. The second-order valence-electron chi connectivity index (χ2n) is 1.75. The lowest BCUT2D eigenvalue weighted by molar-refractivity contribution is -0.109. The van der Waals surface area contributed by atoms with Gasteiger partial charge in [-0.25, -0.2) is 0 Å². The zero-order valence-corrected chi connectivity index (χ0v) is 6.16. The Morgan fingerprint density at radius 1 is 1.86 bits per heavy atom. The third-order valence-electron chi connectivity index (χ3n) is 0.937. The second-order valence-corrected chi connectivity index (χ2v) is 3.56. The minimum atomic E-state index is -0.285. The summed E-state index contributed by atoms with van der Waals surface area (Å²) in [6.07, 6.45) is 1.75. The average Bonchev–Trinajstić information content (AvgIpc) is 1.68. The quantitative estimate of drug-likeness (QED) is 0.450. The minimum absolute atomic E-state index is 0.285. The molecule has 2 heteroatoms. The third kappa shape index (κ3) is 2.80. The number of alkyl halides is 1. The van der Waals surface area contributed by atoms with Gasteiger partial charge in [0.05, 0.1) is 4.32 Å². The Morgan fingerprint density at radius 3 is 2.29 bits per heavy atom. The van der Waals surface area contributed by atoms with Crippen molar-refractivity contribution in [3.05, 3.63) is 0 Å². The standard InChI is InChI=1S/C5H9BrO/c1-3-5(2,6)4-7/h4H,3H2,1-2H3. The molecule has 1 atom stereocenters. The van der Waals surface area contributed by atoms with Crippen molar-refractivity contribution in [2.45, 2.75) is 24.6 Å². The summed E-state index contributed by atoms with van der Waals surface area (Å²) in [4.78, 5) is 10.0. The van der Waals surface area contributed by atoms with Crippen molar-refractivity contribution in [2.24, 2.45) is 0 Å². The molecule has 42 valence electrons. The predicted octanol–water partition coefficient (Wildman–Crippen LogP) is 1.75. The number of halogens is 1. The molecule has 0 N–H and O–H groups in total. The summed E-state index contributed by atoms with van der Waals surface area (Å²) in [5, 5.41) is 0. The summed E-state index contributed by atoms with van der Waals surface area (Å²) < 4.78 is -0.285. The van der Waals surface area contributed by atoms with Crippen LogP contribution in [0.25, 0.3) is 0 Å². The fraction of sp³-hybridized carbons (Fsp3) is 0.800. The molecule has 0 aliphatic rings. The number of hydrogen-bond donors (Lipinski definition) is 0. The largest absolute Gasteiger partial charge is 0.302 e. The predicted molar refractivity (Wildman–Crippen MR) is 33.7 cm³/mol. The molecule has 0 fully saturated rings. The van der Waals surface area contributed by atoms with Crippen LogP contribution < -0.4 is 0 Å². The topological polar surface area (TPSA) is 17.1 Å². The van der Waals surface area contributed by atoms with E-state index < -0.39 is 0 Å². The second kappa shape index (κ2) is 2.46. The van der Waals surface area contributed by atoms with Crippen LogP contribution in [0.5, 0.6) is 0 Å². The third-order valence-corrected chi connectivity index (χ3v) is 1.68. The lowest BCUT2D eigenvalue weighted by Gasteiger charge is -2.08. The normalized spacial score (nSPS) is 18.1. The van der Waals surface area contributed by atoms with Gasteiger partial charge in [0, 0.05) is 0 Å². The maximum Gasteiger partial charge on any atom is 0.136 e. The molecule has 0 radical (unpaired) electrons. The summed E-state index contributed by atoms with van der Waals surface area (Å²) in [5.74, 6) is 0. The molecular formula is C5H9BrO. The number of hydrogen-bond acceptors (Lipinski definition) is 1. The Kier molecular flexibility index (Phi) is 2.51. The van der Waals surface area contributed by atoms with Crippen LogP contribution in [0.3, 0.4) is 0 Å². The van der Waals surface area contributed by atoms with Gasteiger partial charge in [0.2, 0.25) is 0 Å². The fourth-order valence-corrected chi connectivity index (χ4v) is 0.0833. The van der Waals surface area contributed by atoms with Crippen LogP contribution in [0.2, 0.25) is 0 Å². The first-order valence-corrected chi connectivity index (χ1v) is 3.07. The van der Waals surface area contributed by atoms with E-state index in [1.54, 1.807) is 0 Å². The molecule has 0 aromatic rings. The average molecular weight is 165 g/mol. The molecule has 0 amide bonds. The highest BCUT2D eigenvalue weighted by Gasteiger charge is 2.14. The maximum atomic E-state index is 10.0. The van der Waals surface area contributed by atoms with Gasteiger partial charge in [0.25, 0.3) is 0 Å². The number of rotatable bonds is 2. The summed E-state index contributed by atoms with van der Waals surface area (Å²) >= 11 is 3.21. The maximum absolute atomic E-state index is 10.0. The molecule has 0 bridgehead atoms. The Labute approximate surface area is 52.2 Å². The van der Waals surface area contributed by atoms with Crippen LogP contribution in [0.15, 0.2) is 0 Å². The number of carbonyl (C=O) groups is 1. The van der Waals surface area contributed by atoms with Gasteiger partial charge in [-0.1, -0.05) is 22.9 Å². The van der Waals surface area contributed by atoms with E-state index in [9.17, 15) is 4.79 Å². The monoisotopic (exact) mass is 164 g/mol. The Balaban J connectivity index is 3.58. The van der Waals surface area contributed by atoms with E-state index in [0.717, 1.165) is 12.7 Å². The Morgan fingerprint density at radius 2 is 2.29 bits per heavy atom. The van der Waals surface area contributed by atoms with E-state index in [2.05, 4.69) is 15.9 Å². The smallest absolute Gasteiger partial charge is 0.136 e. The number of carbonyl (C=O) groups excluding carboxylic acids is 1. The van der Waals surface area contributed by atoms with Gasteiger partial charge in [0.15, 0.2) is 0 Å². The van der Waals surface area contributed by atoms with E-state index in [-0.39, 0.29) is 4.32 Å². The highest BCUT2D eigenvalue weighted by molar-refractivity contribution is 9.10. The van der Waals surface area contributed by atoms with E-state index in [1.165, 1.54) is 0 Å².